The van der Waals surface area contributed by atoms with Crippen LogP contribution in [0.15, 0.2) is 22.8 Å². The molecule has 162 valence electrons. The van der Waals surface area contributed by atoms with Crippen LogP contribution in [0.5, 0.6) is 0 Å². The molecular weight excluding hydrogens is 368 g/mol. The van der Waals surface area contributed by atoms with Gasteiger partial charge in [-0.1, -0.05) is 25.7 Å². The fourth-order valence-corrected chi connectivity index (χ4v) is 4.45. The number of hydrogen-bond donors (Lipinski definition) is 0. The Labute approximate surface area is 174 Å². The molecule has 1 unspecified atom stereocenters. The molecule has 2 fully saturated rings. The first kappa shape index (κ1) is 21.9. The molecule has 0 bridgehead atoms. The van der Waals surface area contributed by atoms with Crippen LogP contribution < -0.4 is 0 Å². The lowest BCUT2D eigenvalue weighted by Gasteiger charge is -2.31. The Hall–Kier alpha value is -1.82. The van der Waals surface area contributed by atoms with Crippen molar-refractivity contribution in [2.45, 2.75) is 83.9 Å². The summed E-state index contributed by atoms with van der Waals surface area (Å²) < 4.78 is 11.2. The summed E-state index contributed by atoms with van der Waals surface area (Å²) in [4.78, 5) is 29.6. The third kappa shape index (κ3) is 6.59. The standard InChI is InChI=1S/C23H36N2O4/c1-18(2)25(22(26)12-11-19-7-3-4-8-19)17-23(27)24(15-20-9-5-13-28-20)16-21-10-6-14-29-21/h5,9,13,18-19,21H,3-4,6-8,10-12,14-17H2,1-2H3. The van der Waals surface area contributed by atoms with Crippen LogP contribution in [0.25, 0.3) is 0 Å². The Balaban J connectivity index is 1.59. The van der Waals surface area contributed by atoms with Gasteiger partial charge in [-0.2, -0.15) is 0 Å². The predicted molar refractivity (Wildman–Crippen MR) is 111 cm³/mol. The largest absolute Gasteiger partial charge is 0.467 e. The van der Waals surface area contributed by atoms with E-state index in [4.69, 9.17) is 9.15 Å². The lowest BCUT2D eigenvalue weighted by atomic mass is 10.0. The van der Waals surface area contributed by atoms with Crippen LogP contribution in [0, 0.1) is 5.92 Å². The van der Waals surface area contributed by atoms with E-state index in [-0.39, 0.29) is 30.5 Å². The third-order valence-electron chi connectivity index (χ3n) is 6.22. The van der Waals surface area contributed by atoms with Crippen LogP contribution in [-0.2, 0) is 20.9 Å². The average molecular weight is 405 g/mol. The van der Waals surface area contributed by atoms with Gasteiger partial charge in [-0.05, 0) is 51.2 Å². The summed E-state index contributed by atoms with van der Waals surface area (Å²) >= 11 is 0. The van der Waals surface area contributed by atoms with Crippen LogP contribution in [-0.4, -0.2) is 53.5 Å². The normalized spacial score (nSPS) is 19.8. The zero-order valence-electron chi connectivity index (χ0n) is 18.0. The van der Waals surface area contributed by atoms with Crippen molar-refractivity contribution < 1.29 is 18.7 Å². The first-order valence-corrected chi connectivity index (χ1v) is 11.2. The molecule has 1 saturated carbocycles. The summed E-state index contributed by atoms with van der Waals surface area (Å²) in [5.41, 5.74) is 0. The highest BCUT2D eigenvalue weighted by Crippen LogP contribution is 2.28. The Morgan fingerprint density at radius 3 is 2.55 bits per heavy atom. The average Bonchev–Trinajstić information content (AvgIpc) is 3.47. The molecule has 29 heavy (non-hydrogen) atoms. The second kappa shape index (κ2) is 10.8. The maximum Gasteiger partial charge on any atom is 0.242 e. The molecule has 1 aromatic rings. The van der Waals surface area contributed by atoms with Crippen molar-refractivity contribution in [2.24, 2.45) is 5.92 Å². The van der Waals surface area contributed by atoms with E-state index in [1.807, 2.05) is 26.0 Å². The predicted octanol–water partition coefficient (Wildman–Crippen LogP) is 3.99. The number of ether oxygens (including phenoxy) is 1. The molecular formula is C23H36N2O4. The Morgan fingerprint density at radius 1 is 1.14 bits per heavy atom. The molecule has 0 aromatic carbocycles. The van der Waals surface area contributed by atoms with Gasteiger partial charge in [0.05, 0.1) is 25.5 Å². The Bertz CT molecular complexity index is 631. The van der Waals surface area contributed by atoms with Crippen molar-refractivity contribution >= 4 is 11.8 Å². The molecule has 2 heterocycles. The van der Waals surface area contributed by atoms with Gasteiger partial charge in [0.2, 0.25) is 11.8 Å². The number of carbonyl (C=O) groups excluding carboxylic acids is 2. The molecule has 1 aromatic heterocycles. The summed E-state index contributed by atoms with van der Waals surface area (Å²) in [6.45, 7) is 5.80. The van der Waals surface area contributed by atoms with Gasteiger partial charge in [-0.25, -0.2) is 0 Å². The van der Waals surface area contributed by atoms with Gasteiger partial charge >= 0.3 is 0 Å². The topological polar surface area (TPSA) is 63.0 Å². The summed E-state index contributed by atoms with van der Waals surface area (Å²) in [5.74, 6) is 1.48. The van der Waals surface area contributed by atoms with E-state index < -0.39 is 0 Å². The van der Waals surface area contributed by atoms with Crippen molar-refractivity contribution in [1.82, 2.24) is 9.80 Å². The Morgan fingerprint density at radius 2 is 1.93 bits per heavy atom. The highest BCUT2D eigenvalue weighted by Gasteiger charge is 2.28. The van der Waals surface area contributed by atoms with Crippen LogP contribution in [0.4, 0.5) is 0 Å². The summed E-state index contributed by atoms with van der Waals surface area (Å²) in [6, 6.07) is 3.71. The molecule has 1 aliphatic heterocycles. The van der Waals surface area contributed by atoms with Gasteiger partial charge in [-0.3, -0.25) is 9.59 Å². The Kier molecular flexibility index (Phi) is 8.16. The van der Waals surface area contributed by atoms with Gasteiger partial charge in [0, 0.05) is 25.6 Å². The van der Waals surface area contributed by atoms with E-state index in [2.05, 4.69) is 0 Å². The molecule has 6 heteroatoms. The number of furan rings is 1. The zero-order chi connectivity index (χ0) is 20.6. The van der Waals surface area contributed by atoms with E-state index >= 15 is 0 Å². The second-order valence-corrected chi connectivity index (χ2v) is 8.79. The van der Waals surface area contributed by atoms with Crippen molar-refractivity contribution in [1.29, 1.82) is 0 Å². The third-order valence-corrected chi connectivity index (χ3v) is 6.22. The van der Waals surface area contributed by atoms with E-state index in [9.17, 15) is 9.59 Å². The van der Waals surface area contributed by atoms with Gasteiger partial charge in [0.1, 0.15) is 5.76 Å². The highest BCUT2D eigenvalue weighted by molar-refractivity contribution is 5.85. The zero-order valence-corrected chi connectivity index (χ0v) is 18.0. The maximum atomic E-state index is 13.2. The number of rotatable bonds is 10. The first-order valence-electron chi connectivity index (χ1n) is 11.2. The molecule has 0 N–H and O–H groups in total. The van der Waals surface area contributed by atoms with Gasteiger partial charge < -0.3 is 19.0 Å². The lowest BCUT2D eigenvalue weighted by molar-refractivity contribution is -0.143. The number of amides is 2. The number of hydrogen-bond acceptors (Lipinski definition) is 4. The quantitative estimate of drug-likeness (QED) is 0.591. The molecule has 3 rings (SSSR count). The van der Waals surface area contributed by atoms with Crippen molar-refractivity contribution in [3.05, 3.63) is 24.2 Å². The summed E-state index contributed by atoms with van der Waals surface area (Å²) in [6.07, 6.45) is 10.2. The van der Waals surface area contributed by atoms with Crippen molar-refractivity contribution in [3.8, 4) is 0 Å². The monoisotopic (exact) mass is 404 g/mol. The minimum Gasteiger partial charge on any atom is -0.467 e. The number of carbonyl (C=O) groups is 2. The molecule has 2 amide bonds. The molecule has 0 spiro atoms. The fourth-order valence-electron chi connectivity index (χ4n) is 4.45. The maximum absolute atomic E-state index is 13.2. The van der Waals surface area contributed by atoms with Gasteiger partial charge in [-0.15, -0.1) is 0 Å². The molecule has 2 aliphatic rings. The second-order valence-electron chi connectivity index (χ2n) is 8.79. The van der Waals surface area contributed by atoms with Crippen molar-refractivity contribution in [2.75, 3.05) is 19.7 Å². The van der Waals surface area contributed by atoms with Crippen LogP contribution >= 0.6 is 0 Å². The van der Waals surface area contributed by atoms with Gasteiger partial charge in [0.15, 0.2) is 0 Å². The summed E-state index contributed by atoms with van der Waals surface area (Å²) in [5, 5.41) is 0. The van der Waals surface area contributed by atoms with E-state index in [0.717, 1.165) is 31.6 Å². The van der Waals surface area contributed by atoms with Crippen LogP contribution in [0.3, 0.4) is 0 Å². The van der Waals surface area contributed by atoms with Crippen LogP contribution in [0.2, 0.25) is 0 Å². The van der Waals surface area contributed by atoms with Crippen molar-refractivity contribution in [3.63, 3.8) is 0 Å². The van der Waals surface area contributed by atoms with Crippen LogP contribution in [0.1, 0.15) is 71.0 Å². The van der Waals surface area contributed by atoms with E-state index in [1.165, 1.54) is 25.7 Å². The fraction of sp³-hybridized carbons (Fsp3) is 0.739. The lowest BCUT2D eigenvalue weighted by Crippen LogP contribution is -2.47. The van der Waals surface area contributed by atoms with Gasteiger partial charge in [0.25, 0.3) is 0 Å². The molecule has 0 radical (unpaired) electrons. The van der Waals surface area contributed by atoms with E-state index in [1.54, 1.807) is 16.1 Å². The van der Waals surface area contributed by atoms with E-state index in [0.29, 0.717) is 25.4 Å². The summed E-state index contributed by atoms with van der Waals surface area (Å²) in [7, 11) is 0. The minimum atomic E-state index is -0.0418. The smallest absolute Gasteiger partial charge is 0.242 e. The molecule has 6 nitrogen and oxygen atoms in total. The first-order chi connectivity index (χ1) is 14.0. The molecule has 1 aliphatic carbocycles. The SMILES string of the molecule is CC(C)N(CC(=O)N(Cc1ccco1)CC1CCCO1)C(=O)CCC1CCCC1. The highest BCUT2D eigenvalue weighted by atomic mass is 16.5. The number of nitrogens with zero attached hydrogens (tertiary/aromatic N) is 2. The minimum absolute atomic E-state index is 0.00298. The molecule has 1 atom stereocenters. The molecule has 1 saturated heterocycles.